The van der Waals surface area contributed by atoms with E-state index >= 15 is 0 Å². The van der Waals surface area contributed by atoms with Gasteiger partial charge in [-0.05, 0) is 37.5 Å². The Morgan fingerprint density at radius 1 is 1.41 bits per heavy atom. The monoisotopic (exact) mass is 293 g/mol. The highest BCUT2D eigenvalue weighted by atomic mass is 33.3. The van der Waals surface area contributed by atoms with E-state index in [1.54, 1.807) is 0 Å². The van der Waals surface area contributed by atoms with E-state index in [-0.39, 0.29) is 20.1 Å². The summed E-state index contributed by atoms with van der Waals surface area (Å²) >= 11 is 9.41. The van der Waals surface area contributed by atoms with Crippen LogP contribution in [-0.2, 0) is 24.7 Å². The summed E-state index contributed by atoms with van der Waals surface area (Å²) in [5, 5.41) is 3.33. The average molecular weight is 293 g/mol. The Labute approximate surface area is 115 Å². The van der Waals surface area contributed by atoms with E-state index in [4.69, 9.17) is 11.2 Å². The Morgan fingerprint density at radius 2 is 2.06 bits per heavy atom. The van der Waals surface area contributed by atoms with E-state index in [9.17, 15) is 4.79 Å². The lowest BCUT2D eigenvalue weighted by molar-refractivity contribution is -0.138. The molecule has 2 fully saturated rings. The van der Waals surface area contributed by atoms with Gasteiger partial charge in [0.15, 0.2) is 0 Å². The number of carbonyl (C=O) groups is 1. The quantitative estimate of drug-likeness (QED) is 0.560. The van der Waals surface area contributed by atoms with Gasteiger partial charge in [-0.25, -0.2) is 4.31 Å². The van der Waals surface area contributed by atoms with Gasteiger partial charge in [0, 0.05) is 34.9 Å². The van der Waals surface area contributed by atoms with Gasteiger partial charge in [-0.3, -0.25) is 4.79 Å². The maximum atomic E-state index is 12.4. The van der Waals surface area contributed by atoms with Gasteiger partial charge >= 0.3 is 0 Å². The highest BCUT2D eigenvalue weighted by Crippen LogP contribution is 2.22. The molecule has 0 aliphatic carbocycles. The van der Waals surface area contributed by atoms with E-state index in [2.05, 4.69) is 21.3 Å². The van der Waals surface area contributed by atoms with Gasteiger partial charge in [0.05, 0.1) is 5.54 Å². The molecule has 4 nitrogen and oxygen atoms in total. The first-order valence-electron chi connectivity index (χ1n) is 5.93. The minimum atomic E-state index is -0.385. The molecule has 2 aliphatic rings. The molecule has 7 heteroatoms. The van der Waals surface area contributed by atoms with Crippen molar-refractivity contribution in [3.8, 4) is 0 Å². The van der Waals surface area contributed by atoms with Crippen molar-refractivity contribution in [2.24, 2.45) is 0 Å². The number of amides is 1. The van der Waals surface area contributed by atoms with Gasteiger partial charge < -0.3 is 10.2 Å². The fourth-order valence-corrected chi connectivity index (χ4v) is 3.89. The predicted molar refractivity (Wildman–Crippen MR) is 77.5 cm³/mol. The predicted octanol–water partition coefficient (Wildman–Crippen LogP) is 0.113. The van der Waals surface area contributed by atoms with E-state index in [1.807, 2.05) is 11.8 Å². The summed E-state index contributed by atoms with van der Waals surface area (Å²) < 4.78 is 2.15. The number of nitrogens with zero attached hydrogens (tertiary/aromatic N) is 2. The van der Waals surface area contributed by atoms with Crippen molar-refractivity contribution in [2.45, 2.75) is 25.3 Å². The third-order valence-electron chi connectivity index (χ3n) is 3.59. The zero-order valence-corrected chi connectivity index (χ0v) is 12.5. The van der Waals surface area contributed by atoms with E-state index in [0.29, 0.717) is 0 Å². The molecule has 2 saturated heterocycles. The summed E-state index contributed by atoms with van der Waals surface area (Å²) in [6.07, 6.45) is 2.04. The van der Waals surface area contributed by atoms with Crippen molar-refractivity contribution in [1.29, 1.82) is 0 Å². The second-order valence-corrected chi connectivity index (χ2v) is 8.52. The highest BCUT2D eigenvalue weighted by molar-refractivity contribution is 8.75. The first-order valence-corrected chi connectivity index (χ1v) is 9.09. The maximum Gasteiger partial charge on any atom is 0.242 e. The van der Waals surface area contributed by atoms with Crippen LogP contribution < -0.4 is 5.32 Å². The fraction of sp³-hybridized carbons (Fsp3) is 0.900. The van der Waals surface area contributed by atoms with Crippen LogP contribution in [0, 0.1) is 0 Å². The molecular weight excluding hydrogens is 274 g/mol. The van der Waals surface area contributed by atoms with Gasteiger partial charge in [-0.1, -0.05) is 11.7 Å². The van der Waals surface area contributed by atoms with Gasteiger partial charge in [0.2, 0.25) is 5.91 Å². The van der Waals surface area contributed by atoms with Crippen LogP contribution in [0.1, 0.15) is 19.8 Å². The minimum absolute atomic E-state index is 0.248. The Balaban J connectivity index is 1.92. The number of thiol groups is 1. The number of carbonyl (C=O) groups excluding carboxylic acids is 1. The van der Waals surface area contributed by atoms with Crippen LogP contribution in [-0.4, -0.2) is 53.4 Å². The molecule has 2 unspecified atom stereocenters. The first kappa shape index (κ1) is 13.7. The van der Waals surface area contributed by atoms with Gasteiger partial charge in [-0.15, -0.1) is 0 Å². The molecule has 17 heavy (non-hydrogen) atoms. The normalized spacial score (nSPS) is 32.7. The fourth-order valence-electron chi connectivity index (χ4n) is 2.47. The molecule has 0 aromatic carbocycles. The lowest BCUT2D eigenvalue weighted by Gasteiger charge is -2.38. The lowest BCUT2D eigenvalue weighted by atomic mass is 9.98. The molecule has 0 aromatic rings. The molecular formula is C10H19N3OS3. The lowest BCUT2D eigenvalue weighted by Crippen LogP contribution is -2.57. The first-order chi connectivity index (χ1) is 8.03. The third-order valence-corrected chi connectivity index (χ3v) is 5.72. The summed E-state index contributed by atoms with van der Waals surface area (Å²) in [4.78, 5) is 14.4. The summed E-state index contributed by atoms with van der Waals surface area (Å²) in [6, 6.07) is 0. The van der Waals surface area contributed by atoms with E-state index in [0.717, 1.165) is 45.6 Å². The van der Waals surface area contributed by atoms with Crippen molar-refractivity contribution in [3.05, 3.63) is 0 Å². The summed E-state index contributed by atoms with van der Waals surface area (Å²) in [6.45, 7) is 6.21. The zero-order chi connectivity index (χ0) is 12.5. The molecule has 0 bridgehead atoms. The van der Waals surface area contributed by atoms with Crippen LogP contribution >= 0.6 is 11.7 Å². The van der Waals surface area contributed by atoms with Gasteiger partial charge in [0.1, 0.15) is 0 Å². The molecule has 98 valence electrons. The van der Waals surface area contributed by atoms with Crippen LogP contribution in [0.3, 0.4) is 0 Å². The van der Waals surface area contributed by atoms with E-state index < -0.39 is 0 Å². The molecule has 0 saturated carbocycles. The Hall–Kier alpha value is 0.310. The van der Waals surface area contributed by atoms with E-state index in [1.165, 1.54) is 0 Å². The molecule has 0 aromatic heterocycles. The molecule has 1 N–H and O–H groups in total. The van der Waals surface area contributed by atoms with Crippen molar-refractivity contribution >= 4 is 37.4 Å². The average Bonchev–Trinajstić information content (AvgIpc) is 2.76. The summed E-state index contributed by atoms with van der Waals surface area (Å²) in [5.74, 6) is 0.248. The van der Waals surface area contributed by atoms with Crippen LogP contribution in [0.5, 0.6) is 0 Å². The van der Waals surface area contributed by atoms with Crippen LogP contribution in [0.25, 0.3) is 0 Å². The van der Waals surface area contributed by atoms with Crippen LogP contribution in [0.2, 0.25) is 0 Å². The second-order valence-electron chi connectivity index (χ2n) is 4.81. The molecule has 2 heterocycles. The highest BCUT2D eigenvalue weighted by Gasteiger charge is 2.39. The number of nitrogens with one attached hydrogen (secondary N) is 1. The van der Waals surface area contributed by atoms with Crippen molar-refractivity contribution < 1.29 is 4.79 Å². The minimum Gasteiger partial charge on any atom is -0.338 e. The summed E-state index contributed by atoms with van der Waals surface area (Å²) in [7, 11) is -0.385. The van der Waals surface area contributed by atoms with Gasteiger partial charge in [-0.2, -0.15) is 0 Å². The topological polar surface area (TPSA) is 35.6 Å². The van der Waals surface area contributed by atoms with Crippen molar-refractivity contribution in [1.82, 2.24) is 14.5 Å². The smallest absolute Gasteiger partial charge is 0.242 e. The number of hydrogen-bond acceptors (Lipinski definition) is 3. The zero-order valence-electron chi connectivity index (χ0n) is 10.0. The molecule has 2 aliphatic heterocycles. The second kappa shape index (κ2) is 5.52. The third kappa shape index (κ3) is 3.01. The summed E-state index contributed by atoms with van der Waals surface area (Å²) in [5.41, 5.74) is -0.335. The SMILES string of the molecule is CC1(C(=O)N2CCN(S(=S)S)CC2)CCCN1. The van der Waals surface area contributed by atoms with Gasteiger partial charge in [0.25, 0.3) is 0 Å². The van der Waals surface area contributed by atoms with Crippen LogP contribution in [0.4, 0.5) is 0 Å². The number of rotatable bonds is 2. The van der Waals surface area contributed by atoms with Crippen molar-refractivity contribution in [3.63, 3.8) is 0 Å². The Kier molecular flexibility index (Phi) is 4.46. The maximum absolute atomic E-state index is 12.4. The molecule has 0 spiro atoms. The molecule has 2 rings (SSSR count). The Bertz CT molecular complexity index is 323. The standard InChI is InChI=1S/C10H19N3OS3/c1-10(3-2-4-11-10)9(14)12-5-7-13(8-6-12)17(15)16/h11H,2-8H2,1H3,(H,15,16). The molecule has 2 atom stereocenters. The van der Waals surface area contributed by atoms with Crippen LogP contribution in [0.15, 0.2) is 0 Å². The largest absolute Gasteiger partial charge is 0.338 e. The molecule has 0 radical (unpaired) electrons. The van der Waals surface area contributed by atoms with Crippen molar-refractivity contribution in [2.75, 3.05) is 32.7 Å². The number of hydrogen-bond donors (Lipinski definition) is 2. The molecule has 1 amide bonds. The Morgan fingerprint density at radius 3 is 2.53 bits per heavy atom. The number of piperazine rings is 1.